The van der Waals surface area contributed by atoms with E-state index in [1.54, 1.807) is 25.4 Å². The molecule has 0 saturated heterocycles. The van der Waals surface area contributed by atoms with Crippen molar-refractivity contribution >= 4 is 22.9 Å². The molecule has 0 amide bonds. The second-order valence-corrected chi connectivity index (χ2v) is 9.30. The molecule has 1 aliphatic rings. The number of hydrogen-bond donors (Lipinski definition) is 1. The predicted molar refractivity (Wildman–Crippen MR) is 150 cm³/mol. The minimum absolute atomic E-state index is 0.0713. The lowest BCUT2D eigenvalue weighted by molar-refractivity contribution is 0.101. The molecule has 0 aliphatic heterocycles. The molecule has 3 nitrogen and oxygen atoms in total. The smallest absolute Gasteiger partial charge is 0.160 e. The Labute approximate surface area is 212 Å². The second kappa shape index (κ2) is 9.79. The summed E-state index contributed by atoms with van der Waals surface area (Å²) < 4.78 is 0. The Balaban J connectivity index is 0.000000186. The molecule has 2 aromatic heterocycles. The first kappa shape index (κ1) is 23.5. The molecule has 1 N–H and O–H groups in total. The molecule has 1 atom stereocenters. The second-order valence-electron chi connectivity index (χ2n) is 9.30. The van der Waals surface area contributed by atoms with E-state index < -0.39 is 0 Å². The Hall–Kier alpha value is -4.24. The molecule has 0 spiro atoms. The van der Waals surface area contributed by atoms with E-state index in [0.29, 0.717) is 5.92 Å². The van der Waals surface area contributed by atoms with Gasteiger partial charge in [0.15, 0.2) is 5.78 Å². The van der Waals surface area contributed by atoms with Crippen LogP contribution in [0.3, 0.4) is 0 Å². The van der Waals surface area contributed by atoms with Crippen LogP contribution in [0.5, 0.6) is 0 Å². The van der Waals surface area contributed by atoms with Crippen LogP contribution in [0.1, 0.15) is 59.3 Å². The zero-order valence-electron chi connectivity index (χ0n) is 21.2. The number of Topliss-reactive ketones (excluding diaryl/α,β-unsaturated/α-hetero) is 1. The van der Waals surface area contributed by atoms with E-state index in [1.165, 1.54) is 44.5 Å². The molecule has 0 fully saturated rings. The number of aromatic amines is 1. The number of allylic oxidation sites excluding steroid dienone is 1. The number of pyridine rings is 1. The standard InChI is InChI=1S/C24H22.C9H8N2O/c1-4-8-18-15-19(14-13-16(18)2)22-12-7-11-21-17(3)20-9-5-6-10-23(20)24(21)22;1-6(12)7-2-4-10-9-8(7)3-5-11-9/h4-15,17H,1-3H3;2-5H,1H3,(H,10,11)/b8-4-;. The Bertz CT molecular complexity index is 1610. The van der Waals surface area contributed by atoms with Crippen molar-refractivity contribution in [2.24, 2.45) is 0 Å². The van der Waals surface area contributed by atoms with Crippen LogP contribution in [0.25, 0.3) is 39.4 Å². The Kier molecular flexibility index (Phi) is 6.39. The third-order valence-electron chi connectivity index (χ3n) is 7.04. The van der Waals surface area contributed by atoms with Gasteiger partial charge in [0, 0.05) is 29.3 Å². The number of nitrogens with one attached hydrogen (secondary N) is 1. The minimum atomic E-state index is 0.0713. The fraction of sp³-hybridized carbons (Fsp3) is 0.152. The van der Waals surface area contributed by atoms with Crippen molar-refractivity contribution in [1.29, 1.82) is 0 Å². The van der Waals surface area contributed by atoms with Crippen LogP contribution in [0.2, 0.25) is 0 Å². The molecule has 0 radical (unpaired) electrons. The monoisotopic (exact) mass is 470 g/mol. The number of hydrogen-bond acceptors (Lipinski definition) is 2. The highest BCUT2D eigenvalue weighted by Gasteiger charge is 2.27. The molecular formula is C33H30N2O. The van der Waals surface area contributed by atoms with Crippen LogP contribution in [0.15, 0.2) is 91.3 Å². The molecule has 1 unspecified atom stereocenters. The predicted octanol–water partition coefficient (Wildman–Crippen LogP) is 8.59. The first-order valence-corrected chi connectivity index (χ1v) is 12.4. The zero-order chi connectivity index (χ0) is 25.2. The summed E-state index contributed by atoms with van der Waals surface area (Å²) in [6.45, 7) is 8.12. The van der Waals surface area contributed by atoms with Crippen molar-refractivity contribution in [2.45, 2.75) is 33.6 Å². The van der Waals surface area contributed by atoms with Crippen LogP contribution in [-0.4, -0.2) is 15.8 Å². The van der Waals surface area contributed by atoms with Gasteiger partial charge in [-0.25, -0.2) is 4.98 Å². The van der Waals surface area contributed by atoms with Gasteiger partial charge in [-0.15, -0.1) is 0 Å². The normalized spacial score (nSPS) is 13.8. The Morgan fingerprint density at radius 2 is 1.72 bits per heavy atom. The highest BCUT2D eigenvalue weighted by atomic mass is 16.1. The molecule has 1 aliphatic carbocycles. The lowest BCUT2D eigenvalue weighted by Crippen LogP contribution is -1.92. The summed E-state index contributed by atoms with van der Waals surface area (Å²) in [5, 5.41) is 0.894. The summed E-state index contributed by atoms with van der Waals surface area (Å²) in [6, 6.07) is 26.0. The third-order valence-corrected chi connectivity index (χ3v) is 7.04. The Morgan fingerprint density at radius 1 is 0.944 bits per heavy atom. The SMILES string of the molecule is C/C=C\c1cc(-c2cccc3c2-c2ccccc2C3C)ccc1C.CC(=O)c1ccnc2[nH]ccc12. The highest BCUT2D eigenvalue weighted by Crippen LogP contribution is 2.48. The number of H-pyrrole nitrogens is 1. The maximum Gasteiger partial charge on any atom is 0.160 e. The maximum absolute atomic E-state index is 11.1. The number of aromatic nitrogens is 2. The van der Waals surface area contributed by atoms with Crippen molar-refractivity contribution < 1.29 is 4.79 Å². The molecule has 6 rings (SSSR count). The van der Waals surface area contributed by atoms with Gasteiger partial charge in [-0.05, 0) is 83.5 Å². The van der Waals surface area contributed by atoms with Crippen LogP contribution in [0.4, 0.5) is 0 Å². The first-order chi connectivity index (χ1) is 17.5. The molecule has 178 valence electrons. The molecule has 5 aromatic rings. The molecule has 36 heavy (non-hydrogen) atoms. The lowest BCUT2D eigenvalue weighted by Gasteiger charge is -2.12. The van der Waals surface area contributed by atoms with Gasteiger partial charge >= 0.3 is 0 Å². The molecule has 3 aromatic carbocycles. The van der Waals surface area contributed by atoms with Crippen molar-refractivity contribution in [1.82, 2.24) is 9.97 Å². The molecular weight excluding hydrogens is 440 g/mol. The summed E-state index contributed by atoms with van der Waals surface area (Å²) in [6.07, 6.45) is 7.72. The van der Waals surface area contributed by atoms with Crippen LogP contribution >= 0.6 is 0 Å². The van der Waals surface area contributed by atoms with E-state index >= 15 is 0 Å². The van der Waals surface area contributed by atoms with E-state index in [-0.39, 0.29) is 5.78 Å². The van der Waals surface area contributed by atoms with Gasteiger partial charge in [-0.2, -0.15) is 0 Å². The number of ketones is 1. The summed E-state index contributed by atoms with van der Waals surface area (Å²) in [5.41, 5.74) is 12.4. The van der Waals surface area contributed by atoms with Crippen LogP contribution in [-0.2, 0) is 0 Å². The van der Waals surface area contributed by atoms with Gasteiger partial charge in [-0.3, -0.25) is 4.79 Å². The van der Waals surface area contributed by atoms with Crippen molar-refractivity contribution in [2.75, 3.05) is 0 Å². The average molecular weight is 471 g/mol. The van der Waals surface area contributed by atoms with Crippen LogP contribution < -0.4 is 0 Å². The minimum Gasteiger partial charge on any atom is -0.346 e. The number of fused-ring (bicyclic) bond motifs is 4. The molecule has 3 heteroatoms. The molecule has 0 saturated carbocycles. The lowest BCUT2D eigenvalue weighted by atomic mass is 9.91. The quantitative estimate of drug-likeness (QED) is 0.268. The summed E-state index contributed by atoms with van der Waals surface area (Å²) in [4.78, 5) is 18.1. The molecule has 2 heterocycles. The zero-order valence-corrected chi connectivity index (χ0v) is 21.2. The molecule has 0 bridgehead atoms. The third kappa shape index (κ3) is 4.18. The topological polar surface area (TPSA) is 45.8 Å². The van der Waals surface area contributed by atoms with Gasteiger partial charge in [-0.1, -0.05) is 73.7 Å². The highest BCUT2D eigenvalue weighted by molar-refractivity contribution is 6.05. The largest absolute Gasteiger partial charge is 0.346 e. The summed E-state index contributed by atoms with van der Waals surface area (Å²) in [5.74, 6) is 0.540. The fourth-order valence-electron chi connectivity index (χ4n) is 5.18. The maximum atomic E-state index is 11.1. The first-order valence-electron chi connectivity index (χ1n) is 12.4. The van der Waals surface area contributed by atoms with E-state index in [9.17, 15) is 4.79 Å². The van der Waals surface area contributed by atoms with Gasteiger partial charge in [0.2, 0.25) is 0 Å². The van der Waals surface area contributed by atoms with Crippen molar-refractivity contribution in [3.05, 3.63) is 119 Å². The number of carbonyl (C=O) groups is 1. The van der Waals surface area contributed by atoms with E-state index in [1.807, 2.05) is 6.07 Å². The van der Waals surface area contributed by atoms with Crippen molar-refractivity contribution in [3.8, 4) is 22.3 Å². The summed E-state index contributed by atoms with van der Waals surface area (Å²) >= 11 is 0. The van der Waals surface area contributed by atoms with E-state index in [2.05, 4.69) is 104 Å². The van der Waals surface area contributed by atoms with E-state index in [0.717, 1.165) is 16.6 Å². The average Bonchev–Trinajstić information content (AvgIpc) is 3.49. The van der Waals surface area contributed by atoms with Gasteiger partial charge in [0.1, 0.15) is 5.65 Å². The van der Waals surface area contributed by atoms with Crippen LogP contribution in [0, 0.1) is 6.92 Å². The number of carbonyl (C=O) groups excluding carboxylic acids is 1. The van der Waals surface area contributed by atoms with Gasteiger partial charge in [0.25, 0.3) is 0 Å². The number of benzene rings is 3. The van der Waals surface area contributed by atoms with E-state index in [4.69, 9.17) is 0 Å². The Morgan fingerprint density at radius 3 is 2.53 bits per heavy atom. The number of nitrogens with zero attached hydrogens (tertiary/aromatic N) is 1. The van der Waals surface area contributed by atoms with Gasteiger partial charge in [0.05, 0.1) is 0 Å². The van der Waals surface area contributed by atoms with Gasteiger partial charge < -0.3 is 4.98 Å². The fourth-order valence-corrected chi connectivity index (χ4v) is 5.18. The summed E-state index contributed by atoms with van der Waals surface area (Å²) in [7, 11) is 0. The van der Waals surface area contributed by atoms with Crippen molar-refractivity contribution in [3.63, 3.8) is 0 Å². The number of rotatable bonds is 3. The number of aryl methyl sites for hydroxylation is 1.